The van der Waals surface area contributed by atoms with Gasteiger partial charge in [-0.15, -0.1) is 0 Å². The zero-order valence-electron chi connectivity index (χ0n) is 24.3. The molecule has 0 spiro atoms. The molecular formula is C35H33N3O5. The number of ketones is 1. The van der Waals surface area contributed by atoms with Gasteiger partial charge >= 0.3 is 0 Å². The van der Waals surface area contributed by atoms with E-state index in [0.29, 0.717) is 22.7 Å². The Balaban J connectivity index is 1.54. The Labute approximate surface area is 250 Å². The first-order valence-corrected chi connectivity index (χ1v) is 14.1. The van der Waals surface area contributed by atoms with Crippen LogP contribution in [0.1, 0.15) is 52.9 Å². The monoisotopic (exact) mass is 575 g/mol. The molecule has 1 aliphatic heterocycles. The molecule has 4 aromatic carbocycles. The number of nitrogens with one attached hydrogen (secondary N) is 1. The van der Waals surface area contributed by atoms with Crippen LogP contribution in [0.4, 0.5) is 11.4 Å². The lowest BCUT2D eigenvalue weighted by atomic mass is 9.97. The molecule has 43 heavy (non-hydrogen) atoms. The summed E-state index contributed by atoms with van der Waals surface area (Å²) < 4.78 is 5.24. The Kier molecular flexibility index (Phi) is 8.66. The van der Waals surface area contributed by atoms with Gasteiger partial charge in [-0.05, 0) is 59.0 Å². The van der Waals surface area contributed by atoms with Crippen molar-refractivity contribution in [3.8, 4) is 5.75 Å². The van der Waals surface area contributed by atoms with Gasteiger partial charge in [0.15, 0.2) is 0 Å². The lowest BCUT2D eigenvalue weighted by Gasteiger charge is -2.33. The molecule has 0 saturated carbocycles. The van der Waals surface area contributed by atoms with Gasteiger partial charge in [0.05, 0.1) is 18.4 Å². The number of fused-ring (bicyclic) bond motifs is 1. The maximum atomic E-state index is 14.2. The average Bonchev–Trinajstić information content (AvgIpc) is 3.26. The smallest absolute Gasteiger partial charge is 0.299 e. The molecule has 0 aliphatic carbocycles. The van der Waals surface area contributed by atoms with Gasteiger partial charge in [-0.3, -0.25) is 24.1 Å². The molecule has 0 aromatic heterocycles. The summed E-state index contributed by atoms with van der Waals surface area (Å²) in [5.74, 6) is -1.41. The Hall–Kier alpha value is -5.24. The van der Waals surface area contributed by atoms with Crippen molar-refractivity contribution in [3.63, 3.8) is 0 Å². The van der Waals surface area contributed by atoms with E-state index in [4.69, 9.17) is 4.74 Å². The zero-order chi connectivity index (χ0) is 30.5. The largest absolute Gasteiger partial charge is 0.497 e. The highest BCUT2D eigenvalue weighted by Gasteiger charge is 2.39. The fraction of sp³-hybridized carbons (Fsp3) is 0.200. The van der Waals surface area contributed by atoms with Crippen molar-refractivity contribution in [2.24, 2.45) is 0 Å². The topological polar surface area (TPSA) is 96.0 Å². The van der Waals surface area contributed by atoms with Gasteiger partial charge < -0.3 is 15.0 Å². The molecule has 3 amide bonds. The van der Waals surface area contributed by atoms with Crippen LogP contribution in [0, 0.1) is 0 Å². The number of Topliss-reactive ketones (excluding diaryl/α,β-unsaturated/α-hetero) is 1. The Morgan fingerprint density at radius 1 is 0.814 bits per heavy atom. The van der Waals surface area contributed by atoms with E-state index in [9.17, 15) is 19.2 Å². The van der Waals surface area contributed by atoms with Crippen LogP contribution < -0.4 is 15.0 Å². The van der Waals surface area contributed by atoms with E-state index in [1.54, 1.807) is 55.6 Å². The minimum atomic E-state index is -1.04. The third-order valence-electron chi connectivity index (χ3n) is 7.52. The molecule has 4 aromatic rings. The highest BCUT2D eigenvalue weighted by Crippen LogP contribution is 2.31. The summed E-state index contributed by atoms with van der Waals surface area (Å²) in [7, 11) is 1.56. The van der Waals surface area contributed by atoms with E-state index in [2.05, 4.69) is 19.2 Å². The molecule has 8 nitrogen and oxygen atoms in total. The number of ether oxygens (including phenoxy) is 1. The van der Waals surface area contributed by atoms with Crippen LogP contribution in [0.3, 0.4) is 0 Å². The summed E-state index contributed by atoms with van der Waals surface area (Å²) >= 11 is 0. The predicted octanol–water partition coefficient (Wildman–Crippen LogP) is 5.76. The molecule has 0 radical (unpaired) electrons. The van der Waals surface area contributed by atoms with E-state index in [1.807, 2.05) is 54.6 Å². The lowest BCUT2D eigenvalue weighted by Crippen LogP contribution is -2.46. The van der Waals surface area contributed by atoms with Crippen LogP contribution in [-0.4, -0.2) is 42.1 Å². The number of methoxy groups -OCH3 is 1. The molecule has 5 rings (SSSR count). The van der Waals surface area contributed by atoms with Crippen LogP contribution in [0.5, 0.6) is 5.75 Å². The Morgan fingerprint density at radius 2 is 1.44 bits per heavy atom. The first-order chi connectivity index (χ1) is 20.8. The summed E-state index contributed by atoms with van der Waals surface area (Å²) in [6, 6.07) is 29.5. The normalized spacial score (nSPS) is 13.1. The van der Waals surface area contributed by atoms with Crippen LogP contribution in [0.25, 0.3) is 0 Å². The maximum Gasteiger partial charge on any atom is 0.299 e. The third kappa shape index (κ3) is 6.33. The molecule has 0 unspecified atom stereocenters. The van der Waals surface area contributed by atoms with Gasteiger partial charge in [-0.25, -0.2) is 0 Å². The fourth-order valence-corrected chi connectivity index (χ4v) is 5.16. The van der Waals surface area contributed by atoms with Gasteiger partial charge in [0.1, 0.15) is 18.3 Å². The van der Waals surface area contributed by atoms with E-state index in [0.717, 1.165) is 11.1 Å². The van der Waals surface area contributed by atoms with Crippen molar-refractivity contribution in [1.82, 2.24) is 4.90 Å². The SMILES string of the molecule is COc1ccc(NC(=O)[C@H](c2ccc(C(C)C)cc2)N(Cc2ccccc2)C(=O)CN2C(=O)C(=O)c3ccccc32)cc1. The number of amides is 3. The number of carbonyl (C=O) groups is 4. The van der Waals surface area contributed by atoms with E-state index in [1.165, 1.54) is 9.80 Å². The standard InChI is InChI=1S/C35H33N3O5/c1-23(2)25-13-15-26(16-14-25)32(34(41)36-27-17-19-28(43-3)20-18-27)38(21-24-9-5-4-6-10-24)31(39)22-37-30-12-8-7-11-29(30)33(40)35(37)42/h4-20,23,32H,21-22H2,1-3H3,(H,36,41)/t32-/m0/s1. The molecule has 1 atom stereocenters. The minimum absolute atomic E-state index is 0.101. The summed E-state index contributed by atoms with van der Waals surface area (Å²) in [4.78, 5) is 56.6. The van der Waals surface area contributed by atoms with Crippen LogP contribution in [-0.2, 0) is 20.9 Å². The number of anilines is 2. The number of nitrogens with zero attached hydrogens (tertiary/aromatic N) is 2. The van der Waals surface area contributed by atoms with Gasteiger partial charge in [-0.2, -0.15) is 0 Å². The Bertz CT molecular complexity index is 1630. The van der Waals surface area contributed by atoms with E-state index in [-0.39, 0.29) is 18.0 Å². The average molecular weight is 576 g/mol. The Morgan fingerprint density at radius 3 is 2.09 bits per heavy atom. The van der Waals surface area contributed by atoms with Crippen molar-refractivity contribution >= 4 is 34.9 Å². The number of hydrogen-bond acceptors (Lipinski definition) is 5. The number of carbonyl (C=O) groups excluding carboxylic acids is 4. The highest BCUT2D eigenvalue weighted by molar-refractivity contribution is 6.52. The number of hydrogen-bond donors (Lipinski definition) is 1. The van der Waals surface area contributed by atoms with Crippen molar-refractivity contribution in [2.45, 2.75) is 32.4 Å². The second kappa shape index (κ2) is 12.7. The number of para-hydroxylation sites is 1. The van der Waals surface area contributed by atoms with Crippen molar-refractivity contribution in [1.29, 1.82) is 0 Å². The van der Waals surface area contributed by atoms with Crippen LogP contribution >= 0.6 is 0 Å². The molecule has 0 saturated heterocycles. The molecule has 0 fully saturated rings. The summed E-state index contributed by atoms with van der Waals surface area (Å²) in [6.45, 7) is 3.87. The first kappa shape index (κ1) is 29.3. The predicted molar refractivity (Wildman–Crippen MR) is 165 cm³/mol. The molecule has 8 heteroatoms. The van der Waals surface area contributed by atoms with Gasteiger partial charge in [0.2, 0.25) is 5.91 Å². The second-order valence-electron chi connectivity index (χ2n) is 10.7. The summed E-state index contributed by atoms with van der Waals surface area (Å²) in [5, 5.41) is 2.95. The maximum absolute atomic E-state index is 14.2. The van der Waals surface area contributed by atoms with Crippen LogP contribution in [0.2, 0.25) is 0 Å². The minimum Gasteiger partial charge on any atom is -0.497 e. The van der Waals surface area contributed by atoms with E-state index < -0.39 is 36.1 Å². The van der Waals surface area contributed by atoms with Crippen molar-refractivity contribution < 1.29 is 23.9 Å². The molecule has 0 bridgehead atoms. The van der Waals surface area contributed by atoms with E-state index >= 15 is 0 Å². The second-order valence-corrected chi connectivity index (χ2v) is 10.7. The molecule has 1 aliphatic rings. The number of rotatable bonds is 10. The lowest BCUT2D eigenvalue weighted by molar-refractivity contribution is -0.139. The zero-order valence-corrected chi connectivity index (χ0v) is 24.3. The number of benzene rings is 4. The summed E-state index contributed by atoms with van der Waals surface area (Å²) in [6.07, 6.45) is 0. The molecule has 218 valence electrons. The quantitative estimate of drug-likeness (QED) is 0.243. The first-order valence-electron chi connectivity index (χ1n) is 14.1. The van der Waals surface area contributed by atoms with Gasteiger partial charge in [0.25, 0.3) is 17.6 Å². The third-order valence-corrected chi connectivity index (χ3v) is 7.52. The molecule has 1 N–H and O–H groups in total. The van der Waals surface area contributed by atoms with Gasteiger partial charge in [0, 0.05) is 12.2 Å². The van der Waals surface area contributed by atoms with Crippen LogP contribution in [0.15, 0.2) is 103 Å². The highest BCUT2D eigenvalue weighted by atomic mass is 16.5. The van der Waals surface area contributed by atoms with Gasteiger partial charge in [-0.1, -0.05) is 80.6 Å². The summed E-state index contributed by atoms with van der Waals surface area (Å²) in [5.41, 5.74) is 3.69. The van der Waals surface area contributed by atoms with Crippen molar-refractivity contribution in [2.75, 3.05) is 23.9 Å². The molecule has 1 heterocycles. The molecular weight excluding hydrogens is 542 g/mol. The van der Waals surface area contributed by atoms with Crippen molar-refractivity contribution in [3.05, 3.63) is 125 Å². The fourth-order valence-electron chi connectivity index (χ4n) is 5.16.